The van der Waals surface area contributed by atoms with Gasteiger partial charge in [0.05, 0.1) is 5.75 Å². The van der Waals surface area contributed by atoms with Crippen LogP contribution in [0.1, 0.15) is 75.2 Å². The molecule has 0 aromatic rings. The number of carboxylic acids is 1. The van der Waals surface area contributed by atoms with Crippen LogP contribution in [-0.4, -0.2) is 21.6 Å². The summed E-state index contributed by atoms with van der Waals surface area (Å²) < 4.78 is -0.0434. The number of carboxylic acid groups (broad SMARTS) is 1. The fourth-order valence-corrected chi connectivity index (χ4v) is 3.65. The van der Waals surface area contributed by atoms with E-state index in [2.05, 4.69) is 74.5 Å². The second-order valence-corrected chi connectivity index (χ2v) is 10.8. The van der Waals surface area contributed by atoms with Crippen molar-refractivity contribution in [2.24, 2.45) is 22.7 Å². The molecule has 0 aliphatic carbocycles. The average molecular weight is 343 g/mol. The Kier molecular flexibility index (Phi) is 8.43. The van der Waals surface area contributed by atoms with Crippen LogP contribution in [0.15, 0.2) is 12.2 Å². The molecule has 0 saturated carbocycles. The molecular formula is C20H38O2S. The van der Waals surface area contributed by atoms with Crippen molar-refractivity contribution in [3.8, 4) is 0 Å². The minimum atomic E-state index is -0.734. The van der Waals surface area contributed by atoms with Crippen LogP contribution < -0.4 is 0 Å². The predicted octanol–water partition coefficient (Wildman–Crippen LogP) is 6.26. The highest BCUT2D eigenvalue weighted by Gasteiger charge is 2.39. The maximum absolute atomic E-state index is 10.8. The van der Waals surface area contributed by atoms with Gasteiger partial charge in [-0.25, -0.2) is 0 Å². The van der Waals surface area contributed by atoms with E-state index in [4.69, 9.17) is 5.11 Å². The molecule has 3 heteroatoms. The van der Waals surface area contributed by atoms with Gasteiger partial charge in [-0.15, -0.1) is 11.8 Å². The third-order valence-electron chi connectivity index (χ3n) is 5.38. The summed E-state index contributed by atoms with van der Waals surface area (Å²) in [5.41, 5.74) is 0.171. The molecule has 0 spiro atoms. The van der Waals surface area contributed by atoms with Crippen LogP contribution in [0.5, 0.6) is 0 Å². The molecule has 0 radical (unpaired) electrons. The molecule has 0 saturated heterocycles. The van der Waals surface area contributed by atoms with Crippen molar-refractivity contribution in [3.63, 3.8) is 0 Å². The molecule has 1 atom stereocenters. The fourth-order valence-electron chi connectivity index (χ4n) is 2.68. The molecule has 0 fully saturated rings. The van der Waals surface area contributed by atoms with Gasteiger partial charge in [0, 0.05) is 4.75 Å². The van der Waals surface area contributed by atoms with E-state index in [1.165, 1.54) is 11.8 Å². The average Bonchev–Trinajstić information content (AvgIpc) is 2.34. The normalized spacial score (nSPS) is 15.4. The summed E-state index contributed by atoms with van der Waals surface area (Å²) in [6.45, 7) is 20.3. The monoisotopic (exact) mass is 342 g/mol. The predicted molar refractivity (Wildman–Crippen MR) is 104 cm³/mol. The van der Waals surface area contributed by atoms with Gasteiger partial charge in [-0.1, -0.05) is 74.5 Å². The van der Waals surface area contributed by atoms with Crippen molar-refractivity contribution < 1.29 is 9.90 Å². The van der Waals surface area contributed by atoms with Gasteiger partial charge in [-0.2, -0.15) is 0 Å². The summed E-state index contributed by atoms with van der Waals surface area (Å²) in [6.07, 6.45) is 6.80. The van der Waals surface area contributed by atoms with Gasteiger partial charge < -0.3 is 5.11 Å². The molecule has 1 unspecified atom stereocenters. The topological polar surface area (TPSA) is 37.3 Å². The quantitative estimate of drug-likeness (QED) is 0.476. The van der Waals surface area contributed by atoms with Crippen LogP contribution in [0.4, 0.5) is 0 Å². The Balaban J connectivity index is 4.87. The Morgan fingerprint density at radius 2 is 1.61 bits per heavy atom. The Morgan fingerprint density at radius 1 is 1.09 bits per heavy atom. The zero-order valence-electron chi connectivity index (χ0n) is 16.7. The van der Waals surface area contributed by atoms with E-state index in [1.54, 1.807) is 0 Å². The van der Waals surface area contributed by atoms with Crippen LogP contribution in [0.25, 0.3) is 0 Å². The SMILES string of the molecule is CC(C)C(C)CC=CC(C)(C)C(C)(C)CC(C)(C)SCC(=O)O. The molecule has 0 aliphatic heterocycles. The van der Waals surface area contributed by atoms with Gasteiger partial charge in [0.2, 0.25) is 0 Å². The number of rotatable bonds is 10. The second-order valence-electron chi connectivity index (χ2n) is 9.08. The highest BCUT2D eigenvalue weighted by molar-refractivity contribution is 8.01. The number of hydrogen-bond donors (Lipinski definition) is 1. The van der Waals surface area contributed by atoms with Crippen LogP contribution >= 0.6 is 11.8 Å². The largest absolute Gasteiger partial charge is 0.481 e. The molecule has 0 rings (SSSR count). The zero-order chi connectivity index (χ0) is 18.5. The van der Waals surface area contributed by atoms with Gasteiger partial charge in [0.15, 0.2) is 0 Å². The van der Waals surface area contributed by atoms with Gasteiger partial charge in [-0.05, 0) is 35.5 Å². The van der Waals surface area contributed by atoms with Crippen molar-refractivity contribution >= 4 is 17.7 Å². The first-order valence-corrected chi connectivity index (χ1v) is 9.72. The summed E-state index contributed by atoms with van der Waals surface area (Å²) in [4.78, 5) is 10.8. The number of allylic oxidation sites excluding steroid dienone is 2. The number of hydrogen-bond acceptors (Lipinski definition) is 2. The molecule has 0 heterocycles. The third kappa shape index (κ3) is 8.28. The van der Waals surface area contributed by atoms with E-state index in [0.29, 0.717) is 11.8 Å². The maximum Gasteiger partial charge on any atom is 0.313 e. The third-order valence-corrected chi connectivity index (χ3v) is 6.70. The molecule has 2 nitrogen and oxygen atoms in total. The van der Waals surface area contributed by atoms with Gasteiger partial charge in [0.25, 0.3) is 0 Å². The first-order chi connectivity index (χ1) is 10.2. The first-order valence-electron chi connectivity index (χ1n) is 8.74. The maximum atomic E-state index is 10.8. The Morgan fingerprint density at radius 3 is 2.04 bits per heavy atom. The van der Waals surface area contributed by atoms with Gasteiger partial charge >= 0.3 is 5.97 Å². The van der Waals surface area contributed by atoms with E-state index >= 15 is 0 Å². The van der Waals surface area contributed by atoms with E-state index in [-0.39, 0.29) is 21.3 Å². The minimum Gasteiger partial charge on any atom is -0.481 e. The Hall–Kier alpha value is -0.440. The van der Waals surface area contributed by atoms with Crippen molar-refractivity contribution in [1.29, 1.82) is 0 Å². The van der Waals surface area contributed by atoms with Crippen molar-refractivity contribution in [3.05, 3.63) is 12.2 Å². The molecule has 136 valence electrons. The van der Waals surface area contributed by atoms with Crippen molar-refractivity contribution in [1.82, 2.24) is 0 Å². The highest BCUT2D eigenvalue weighted by Crippen LogP contribution is 2.48. The lowest BCUT2D eigenvalue weighted by Crippen LogP contribution is -2.37. The van der Waals surface area contributed by atoms with E-state index in [1.807, 2.05) is 0 Å². The standard InChI is InChI=1S/C20H38O2S/c1-15(2)16(3)11-10-12-18(4,5)19(6,7)14-20(8,9)23-13-17(21)22/h10,12,15-16H,11,13-14H2,1-9H3,(H,21,22). The van der Waals surface area contributed by atoms with Crippen LogP contribution in [-0.2, 0) is 4.79 Å². The highest BCUT2D eigenvalue weighted by atomic mass is 32.2. The summed E-state index contributed by atoms with van der Waals surface area (Å²) >= 11 is 1.54. The van der Waals surface area contributed by atoms with Gasteiger partial charge in [0.1, 0.15) is 0 Å². The first kappa shape index (κ1) is 22.6. The van der Waals surface area contributed by atoms with Crippen LogP contribution in [0, 0.1) is 22.7 Å². The van der Waals surface area contributed by atoms with Crippen molar-refractivity contribution in [2.45, 2.75) is 79.9 Å². The van der Waals surface area contributed by atoms with Crippen molar-refractivity contribution in [2.75, 3.05) is 5.75 Å². The number of carbonyl (C=O) groups is 1. The zero-order valence-corrected chi connectivity index (χ0v) is 17.5. The lowest BCUT2D eigenvalue weighted by molar-refractivity contribution is -0.133. The fraction of sp³-hybridized carbons (Fsp3) is 0.850. The summed E-state index contributed by atoms with van der Waals surface area (Å²) in [7, 11) is 0. The van der Waals surface area contributed by atoms with Crippen LogP contribution in [0.3, 0.4) is 0 Å². The Bertz CT molecular complexity index is 406. The molecule has 0 amide bonds. The molecular weight excluding hydrogens is 304 g/mol. The van der Waals surface area contributed by atoms with Gasteiger partial charge in [-0.3, -0.25) is 4.79 Å². The molecule has 23 heavy (non-hydrogen) atoms. The number of thioether (sulfide) groups is 1. The molecule has 0 aliphatic rings. The molecule has 0 aromatic carbocycles. The lowest BCUT2D eigenvalue weighted by Gasteiger charge is -2.44. The minimum absolute atomic E-state index is 0.0434. The Labute approximate surface area is 148 Å². The van der Waals surface area contributed by atoms with E-state index in [9.17, 15) is 4.79 Å². The summed E-state index contributed by atoms with van der Waals surface area (Å²) in [5.74, 6) is 0.850. The van der Waals surface area contributed by atoms with E-state index < -0.39 is 5.97 Å². The summed E-state index contributed by atoms with van der Waals surface area (Å²) in [5, 5.41) is 8.92. The molecule has 0 bridgehead atoms. The number of aliphatic carboxylic acids is 1. The lowest BCUT2D eigenvalue weighted by atomic mass is 9.64. The second kappa shape index (κ2) is 8.60. The van der Waals surface area contributed by atoms with E-state index in [0.717, 1.165) is 12.8 Å². The smallest absolute Gasteiger partial charge is 0.313 e. The molecule has 1 N–H and O–H groups in total. The molecule has 0 aromatic heterocycles. The summed E-state index contributed by atoms with van der Waals surface area (Å²) in [6, 6.07) is 0. The van der Waals surface area contributed by atoms with Crippen LogP contribution in [0.2, 0.25) is 0 Å².